The van der Waals surface area contributed by atoms with Crippen molar-refractivity contribution < 1.29 is 24.2 Å². The van der Waals surface area contributed by atoms with Crippen LogP contribution in [0.3, 0.4) is 0 Å². The topological polar surface area (TPSA) is 87.2 Å². The average molecular weight is 422 g/mol. The van der Waals surface area contributed by atoms with Gasteiger partial charge in [-0.15, -0.1) is 0 Å². The summed E-state index contributed by atoms with van der Waals surface area (Å²) in [6.07, 6.45) is 0.476. The van der Waals surface area contributed by atoms with Crippen LogP contribution in [0.1, 0.15) is 25.0 Å². The number of rotatable bonds is 7. The fourth-order valence-electron chi connectivity index (χ4n) is 3.57. The van der Waals surface area contributed by atoms with E-state index in [2.05, 4.69) is 0 Å². The summed E-state index contributed by atoms with van der Waals surface area (Å²) in [5.74, 6) is -3.66. The first kappa shape index (κ1) is 22.2. The van der Waals surface area contributed by atoms with Gasteiger partial charge in [-0.25, -0.2) is 4.79 Å². The molecule has 0 fully saturated rings. The molecule has 2 amide bonds. The first-order valence-corrected chi connectivity index (χ1v) is 10.1. The molecule has 2 aromatic rings. The van der Waals surface area contributed by atoms with Crippen molar-refractivity contribution in [3.63, 3.8) is 0 Å². The monoisotopic (exact) mass is 422 g/mol. The van der Waals surface area contributed by atoms with Crippen LogP contribution in [0, 0.1) is 5.92 Å². The zero-order valence-electron chi connectivity index (χ0n) is 17.7. The molecular weight excluding hydrogens is 396 g/mol. The number of carbonyl (C=O) groups is 3. The Kier molecular flexibility index (Phi) is 7.20. The minimum absolute atomic E-state index is 0.115. The quantitative estimate of drug-likeness (QED) is 0.690. The average Bonchev–Trinajstić information content (AvgIpc) is 2.76. The van der Waals surface area contributed by atoms with Gasteiger partial charge in [0.05, 0.1) is 6.61 Å². The van der Waals surface area contributed by atoms with Gasteiger partial charge in [0.15, 0.2) is 0 Å². The molecule has 1 N–H and O–H groups in total. The molecule has 162 valence electrons. The van der Waals surface area contributed by atoms with Crippen molar-refractivity contribution in [1.29, 1.82) is 0 Å². The minimum Gasteiger partial charge on any atom is -0.474 e. The van der Waals surface area contributed by atoms with Crippen molar-refractivity contribution in [3.8, 4) is 0 Å². The molecule has 0 saturated carbocycles. The SMILES string of the molecule is CC(C)C1=C(Cc2ccccc2)N(COCc2ccccc2)CN(C(=O)C(=O)O)C1=O. The number of allylic oxidation sites excluding steroid dienone is 1. The highest BCUT2D eigenvalue weighted by molar-refractivity contribution is 6.35. The molecule has 7 nitrogen and oxygen atoms in total. The van der Waals surface area contributed by atoms with Gasteiger partial charge in [0.1, 0.15) is 13.4 Å². The fourth-order valence-corrected chi connectivity index (χ4v) is 3.57. The first-order chi connectivity index (χ1) is 14.9. The molecule has 0 radical (unpaired) electrons. The lowest BCUT2D eigenvalue weighted by molar-refractivity contribution is -0.162. The summed E-state index contributed by atoms with van der Waals surface area (Å²) in [6, 6.07) is 19.3. The second-order valence-electron chi connectivity index (χ2n) is 7.67. The van der Waals surface area contributed by atoms with Gasteiger partial charge in [0.2, 0.25) is 0 Å². The van der Waals surface area contributed by atoms with E-state index in [0.29, 0.717) is 18.6 Å². The Bertz CT molecular complexity index is 970. The van der Waals surface area contributed by atoms with Crippen molar-refractivity contribution in [2.75, 3.05) is 13.4 Å². The molecule has 0 unspecified atom stereocenters. The highest BCUT2D eigenvalue weighted by Crippen LogP contribution is 2.29. The zero-order chi connectivity index (χ0) is 22.4. The lowest BCUT2D eigenvalue weighted by Crippen LogP contribution is -2.53. The van der Waals surface area contributed by atoms with Crippen molar-refractivity contribution in [2.45, 2.75) is 26.9 Å². The molecule has 1 aliphatic rings. The maximum absolute atomic E-state index is 13.1. The summed E-state index contributed by atoms with van der Waals surface area (Å²) in [4.78, 5) is 39.1. The molecule has 31 heavy (non-hydrogen) atoms. The number of imide groups is 1. The number of carbonyl (C=O) groups excluding carboxylic acids is 2. The first-order valence-electron chi connectivity index (χ1n) is 10.1. The van der Waals surface area contributed by atoms with E-state index in [0.717, 1.165) is 21.7 Å². The number of benzene rings is 2. The lowest BCUT2D eigenvalue weighted by Gasteiger charge is -2.39. The standard InChI is InChI=1S/C24H26N2O5/c1-17(2)21-20(13-18-9-5-3-6-10-18)25(15-26(22(21)27)23(28)24(29)30)16-31-14-19-11-7-4-8-12-19/h3-12,17H,13-16H2,1-2H3,(H,29,30). The van der Waals surface area contributed by atoms with E-state index < -0.39 is 17.8 Å². The lowest BCUT2D eigenvalue weighted by atomic mass is 9.93. The number of carboxylic acids is 1. The van der Waals surface area contributed by atoms with Crippen molar-refractivity contribution >= 4 is 17.8 Å². The second-order valence-corrected chi connectivity index (χ2v) is 7.67. The van der Waals surface area contributed by atoms with Crippen molar-refractivity contribution in [2.24, 2.45) is 5.92 Å². The molecule has 0 aromatic heterocycles. The van der Waals surface area contributed by atoms with E-state index in [1.165, 1.54) is 0 Å². The largest absolute Gasteiger partial charge is 0.474 e. The molecular formula is C24H26N2O5. The van der Waals surface area contributed by atoms with Crippen LogP contribution in [0.5, 0.6) is 0 Å². The van der Waals surface area contributed by atoms with Crippen LogP contribution in [-0.4, -0.2) is 46.1 Å². The Morgan fingerprint density at radius 2 is 1.58 bits per heavy atom. The number of ether oxygens (including phenoxy) is 1. The molecule has 0 atom stereocenters. The molecule has 0 spiro atoms. The third-order valence-corrected chi connectivity index (χ3v) is 5.06. The minimum atomic E-state index is -1.66. The Morgan fingerprint density at radius 1 is 1.00 bits per heavy atom. The highest BCUT2D eigenvalue weighted by Gasteiger charge is 2.38. The summed E-state index contributed by atoms with van der Waals surface area (Å²) in [5, 5.41) is 9.18. The van der Waals surface area contributed by atoms with Crippen LogP contribution < -0.4 is 0 Å². The van der Waals surface area contributed by atoms with Gasteiger partial charge in [0.25, 0.3) is 5.91 Å². The third-order valence-electron chi connectivity index (χ3n) is 5.06. The smallest absolute Gasteiger partial charge is 0.395 e. The fraction of sp³-hybridized carbons (Fsp3) is 0.292. The normalized spacial score (nSPS) is 14.4. The van der Waals surface area contributed by atoms with E-state index in [1.54, 1.807) is 4.90 Å². The molecule has 2 aromatic carbocycles. The molecule has 1 aliphatic heterocycles. The van der Waals surface area contributed by atoms with Crippen LogP contribution in [0.2, 0.25) is 0 Å². The maximum Gasteiger partial charge on any atom is 0.395 e. The van der Waals surface area contributed by atoms with Gasteiger partial charge in [-0.2, -0.15) is 0 Å². The number of hydrogen-bond acceptors (Lipinski definition) is 5. The summed E-state index contributed by atoms with van der Waals surface area (Å²) in [5.41, 5.74) is 3.17. The van der Waals surface area contributed by atoms with E-state index in [9.17, 15) is 19.5 Å². The molecule has 0 aliphatic carbocycles. The Morgan fingerprint density at radius 3 is 2.13 bits per heavy atom. The predicted octanol–water partition coefficient (Wildman–Crippen LogP) is 3.03. The third kappa shape index (κ3) is 5.38. The van der Waals surface area contributed by atoms with Crippen LogP contribution in [-0.2, 0) is 32.1 Å². The van der Waals surface area contributed by atoms with Crippen molar-refractivity contribution in [1.82, 2.24) is 9.80 Å². The van der Waals surface area contributed by atoms with E-state index >= 15 is 0 Å². The molecule has 0 saturated heterocycles. The summed E-state index contributed by atoms with van der Waals surface area (Å²) in [7, 11) is 0. The summed E-state index contributed by atoms with van der Waals surface area (Å²) >= 11 is 0. The van der Waals surface area contributed by atoms with E-state index in [1.807, 2.05) is 74.5 Å². The molecule has 7 heteroatoms. The summed E-state index contributed by atoms with van der Waals surface area (Å²) < 4.78 is 5.87. The Balaban J connectivity index is 1.92. The van der Waals surface area contributed by atoms with Gasteiger partial charge < -0.3 is 14.7 Å². The van der Waals surface area contributed by atoms with Crippen LogP contribution >= 0.6 is 0 Å². The van der Waals surface area contributed by atoms with Gasteiger partial charge in [-0.3, -0.25) is 14.5 Å². The number of carboxylic acid groups (broad SMARTS) is 1. The van der Waals surface area contributed by atoms with E-state index in [-0.39, 0.29) is 19.3 Å². The van der Waals surface area contributed by atoms with Gasteiger partial charge in [-0.05, 0) is 17.0 Å². The zero-order valence-corrected chi connectivity index (χ0v) is 17.7. The number of amides is 2. The second kappa shape index (κ2) is 10.0. The Labute approximate surface area is 181 Å². The van der Waals surface area contributed by atoms with Crippen LogP contribution in [0.25, 0.3) is 0 Å². The van der Waals surface area contributed by atoms with Gasteiger partial charge >= 0.3 is 11.9 Å². The molecule has 1 heterocycles. The number of nitrogens with zero attached hydrogens (tertiary/aromatic N) is 2. The highest BCUT2D eigenvalue weighted by atomic mass is 16.5. The van der Waals surface area contributed by atoms with Crippen LogP contribution in [0.15, 0.2) is 71.9 Å². The van der Waals surface area contributed by atoms with Gasteiger partial charge in [0, 0.05) is 17.7 Å². The van der Waals surface area contributed by atoms with Gasteiger partial charge in [-0.1, -0.05) is 74.5 Å². The number of aliphatic carboxylic acids is 1. The molecule has 3 rings (SSSR count). The maximum atomic E-state index is 13.1. The summed E-state index contributed by atoms with van der Waals surface area (Å²) in [6.45, 7) is 4.01. The Hall–Kier alpha value is -3.45. The van der Waals surface area contributed by atoms with E-state index in [4.69, 9.17) is 4.74 Å². The number of hydrogen-bond donors (Lipinski definition) is 1. The van der Waals surface area contributed by atoms with Crippen LogP contribution in [0.4, 0.5) is 0 Å². The van der Waals surface area contributed by atoms with Crippen molar-refractivity contribution in [3.05, 3.63) is 83.1 Å². The predicted molar refractivity (Wildman–Crippen MR) is 114 cm³/mol. The molecule has 0 bridgehead atoms.